The number of rotatable bonds is 18. The summed E-state index contributed by atoms with van der Waals surface area (Å²) in [7, 11) is 0. The van der Waals surface area contributed by atoms with E-state index >= 15 is 0 Å². The molecule has 0 radical (unpaired) electrons. The Morgan fingerprint density at radius 2 is 1.22 bits per heavy atom. The summed E-state index contributed by atoms with van der Waals surface area (Å²) in [6.07, 6.45) is 18.4. The van der Waals surface area contributed by atoms with Crippen LogP contribution in [0.1, 0.15) is 96.0 Å². The summed E-state index contributed by atoms with van der Waals surface area (Å²) in [5, 5.41) is 18.1. The molecule has 0 saturated carbocycles. The van der Waals surface area contributed by atoms with Gasteiger partial charge in [-0.3, -0.25) is 0 Å². The van der Waals surface area contributed by atoms with Gasteiger partial charge in [0.05, 0.1) is 6.61 Å². The Bertz CT molecular complexity index is 430. The molecule has 0 aliphatic carbocycles. The molecule has 3 heteroatoms. The molecule has 1 aromatic carbocycles. The van der Waals surface area contributed by atoms with Crippen molar-refractivity contribution >= 4 is 0 Å². The van der Waals surface area contributed by atoms with Crippen molar-refractivity contribution in [2.24, 2.45) is 0 Å². The maximum absolute atomic E-state index is 9.29. The van der Waals surface area contributed by atoms with Crippen LogP contribution in [-0.4, -0.2) is 29.5 Å². The minimum absolute atomic E-state index is 0.134. The maximum atomic E-state index is 9.29. The monoisotopic (exact) mass is 378 g/mol. The van der Waals surface area contributed by atoms with Gasteiger partial charge in [0.2, 0.25) is 0 Å². The summed E-state index contributed by atoms with van der Waals surface area (Å²) in [4.78, 5) is 0. The van der Waals surface area contributed by atoms with E-state index in [1.165, 1.54) is 89.0 Å². The lowest BCUT2D eigenvalue weighted by Gasteiger charge is -2.10. The van der Waals surface area contributed by atoms with E-state index in [1.807, 2.05) is 12.1 Å². The van der Waals surface area contributed by atoms with Crippen LogP contribution in [0.25, 0.3) is 0 Å². The fraction of sp³-hybridized carbons (Fsp3) is 0.750. The Labute approximate surface area is 167 Å². The van der Waals surface area contributed by atoms with E-state index in [1.54, 1.807) is 0 Å². The highest BCUT2D eigenvalue weighted by molar-refractivity contribution is 5.27. The molecule has 0 heterocycles. The van der Waals surface area contributed by atoms with E-state index < -0.39 is 6.10 Å². The van der Waals surface area contributed by atoms with Crippen LogP contribution in [0, 0.1) is 0 Å². The van der Waals surface area contributed by atoms with E-state index in [9.17, 15) is 5.11 Å². The molecule has 2 N–H and O–H groups in total. The summed E-state index contributed by atoms with van der Waals surface area (Å²) < 4.78 is 5.43. The lowest BCUT2D eigenvalue weighted by atomic mass is 10.0. The first-order chi connectivity index (χ1) is 13.3. The van der Waals surface area contributed by atoms with Gasteiger partial charge in [0.1, 0.15) is 18.5 Å². The average Bonchev–Trinajstić information content (AvgIpc) is 2.70. The fourth-order valence-corrected chi connectivity index (χ4v) is 3.34. The molecule has 3 nitrogen and oxygen atoms in total. The van der Waals surface area contributed by atoms with Gasteiger partial charge < -0.3 is 14.9 Å². The van der Waals surface area contributed by atoms with Crippen molar-refractivity contribution in [3.63, 3.8) is 0 Å². The maximum Gasteiger partial charge on any atom is 0.119 e. The minimum Gasteiger partial charge on any atom is -0.491 e. The van der Waals surface area contributed by atoms with Crippen LogP contribution >= 0.6 is 0 Å². The predicted octanol–water partition coefficient (Wildman–Crippen LogP) is 6.05. The number of aliphatic hydroxyl groups excluding tert-OH is 2. The van der Waals surface area contributed by atoms with Crippen molar-refractivity contribution in [2.75, 3.05) is 13.2 Å². The van der Waals surface area contributed by atoms with Gasteiger partial charge in [-0.25, -0.2) is 0 Å². The van der Waals surface area contributed by atoms with Gasteiger partial charge in [-0.05, 0) is 30.5 Å². The first kappa shape index (κ1) is 24.0. The second-order valence-corrected chi connectivity index (χ2v) is 7.78. The van der Waals surface area contributed by atoms with E-state index in [0.717, 1.165) is 12.2 Å². The normalized spacial score (nSPS) is 12.3. The molecule has 0 aliphatic heterocycles. The Kier molecular flexibility index (Phi) is 15.2. The van der Waals surface area contributed by atoms with Gasteiger partial charge in [0, 0.05) is 0 Å². The summed E-state index contributed by atoms with van der Waals surface area (Å²) in [6.45, 7) is 2.14. The molecule has 1 rings (SSSR count). The zero-order valence-electron chi connectivity index (χ0n) is 17.5. The number of aryl methyl sites for hydroxylation is 1. The van der Waals surface area contributed by atoms with Crippen LogP contribution in [0.15, 0.2) is 24.3 Å². The lowest BCUT2D eigenvalue weighted by molar-refractivity contribution is 0.0536. The van der Waals surface area contributed by atoms with Gasteiger partial charge in [-0.1, -0.05) is 96.1 Å². The van der Waals surface area contributed by atoms with Crippen molar-refractivity contribution in [1.82, 2.24) is 0 Å². The third-order valence-corrected chi connectivity index (χ3v) is 5.15. The van der Waals surface area contributed by atoms with E-state index in [-0.39, 0.29) is 13.2 Å². The Morgan fingerprint density at radius 3 is 1.70 bits per heavy atom. The van der Waals surface area contributed by atoms with Crippen molar-refractivity contribution in [3.05, 3.63) is 29.8 Å². The fourth-order valence-electron chi connectivity index (χ4n) is 3.34. The van der Waals surface area contributed by atoms with Crippen LogP contribution in [0.5, 0.6) is 5.75 Å². The molecule has 0 saturated heterocycles. The SMILES string of the molecule is CCCCCCCCCCCCCCCc1ccc(OC[C@H](O)CO)cc1. The molecule has 0 unspecified atom stereocenters. The number of hydrogen-bond acceptors (Lipinski definition) is 3. The Balaban J connectivity index is 1.92. The van der Waals surface area contributed by atoms with Crippen LogP contribution in [0.2, 0.25) is 0 Å². The zero-order valence-corrected chi connectivity index (χ0v) is 17.5. The van der Waals surface area contributed by atoms with Crippen LogP contribution < -0.4 is 4.74 Å². The minimum atomic E-state index is -0.810. The van der Waals surface area contributed by atoms with Gasteiger partial charge in [0.15, 0.2) is 0 Å². The second kappa shape index (κ2) is 17.1. The standard InChI is InChI=1S/C24H42O3/c1-2-3-4-5-6-7-8-9-10-11-12-13-14-15-22-16-18-24(19-17-22)27-21-23(26)20-25/h16-19,23,25-26H,2-15,20-21H2,1H3/t23-/m1/s1. The molecular formula is C24H42O3. The third kappa shape index (κ3) is 13.7. The third-order valence-electron chi connectivity index (χ3n) is 5.15. The zero-order chi connectivity index (χ0) is 19.6. The molecule has 0 amide bonds. The van der Waals surface area contributed by atoms with Gasteiger partial charge in [0.25, 0.3) is 0 Å². The Hall–Kier alpha value is -1.06. The number of aliphatic hydroxyl groups is 2. The highest BCUT2D eigenvalue weighted by Crippen LogP contribution is 2.16. The van der Waals surface area contributed by atoms with Gasteiger partial charge in [-0.2, -0.15) is 0 Å². The summed E-state index contributed by atoms with van der Waals surface area (Å²) in [5.74, 6) is 0.747. The summed E-state index contributed by atoms with van der Waals surface area (Å²) in [6, 6.07) is 8.09. The van der Waals surface area contributed by atoms with Gasteiger partial charge >= 0.3 is 0 Å². The molecule has 1 atom stereocenters. The molecular weight excluding hydrogens is 336 g/mol. The molecule has 27 heavy (non-hydrogen) atoms. The molecule has 156 valence electrons. The van der Waals surface area contributed by atoms with Crippen LogP contribution in [0.4, 0.5) is 0 Å². The number of unbranched alkanes of at least 4 members (excludes halogenated alkanes) is 12. The van der Waals surface area contributed by atoms with Crippen LogP contribution in [0.3, 0.4) is 0 Å². The van der Waals surface area contributed by atoms with Crippen molar-refractivity contribution < 1.29 is 14.9 Å². The second-order valence-electron chi connectivity index (χ2n) is 7.78. The molecule has 0 spiro atoms. The molecule has 0 fully saturated rings. The van der Waals surface area contributed by atoms with E-state index in [0.29, 0.717) is 0 Å². The smallest absolute Gasteiger partial charge is 0.119 e. The summed E-state index contributed by atoms with van der Waals surface area (Å²) in [5.41, 5.74) is 1.34. The molecule has 0 bridgehead atoms. The molecule has 0 aliphatic rings. The number of ether oxygens (including phenoxy) is 1. The average molecular weight is 379 g/mol. The van der Waals surface area contributed by atoms with E-state index in [2.05, 4.69) is 19.1 Å². The lowest BCUT2D eigenvalue weighted by Crippen LogP contribution is -2.21. The highest BCUT2D eigenvalue weighted by atomic mass is 16.5. The summed E-state index contributed by atoms with van der Waals surface area (Å²) >= 11 is 0. The first-order valence-corrected chi connectivity index (χ1v) is 11.3. The van der Waals surface area contributed by atoms with Crippen molar-refractivity contribution in [1.29, 1.82) is 0 Å². The highest BCUT2D eigenvalue weighted by Gasteiger charge is 2.03. The predicted molar refractivity (Wildman–Crippen MR) is 114 cm³/mol. The van der Waals surface area contributed by atoms with Crippen LogP contribution in [-0.2, 0) is 6.42 Å². The first-order valence-electron chi connectivity index (χ1n) is 11.3. The van der Waals surface area contributed by atoms with Gasteiger partial charge in [-0.15, -0.1) is 0 Å². The number of benzene rings is 1. The quantitative estimate of drug-likeness (QED) is 0.306. The van der Waals surface area contributed by atoms with Crippen molar-refractivity contribution in [2.45, 2.75) is 103 Å². The van der Waals surface area contributed by atoms with E-state index in [4.69, 9.17) is 9.84 Å². The van der Waals surface area contributed by atoms with Crippen molar-refractivity contribution in [3.8, 4) is 5.75 Å². The number of hydrogen-bond donors (Lipinski definition) is 2. The topological polar surface area (TPSA) is 49.7 Å². The largest absolute Gasteiger partial charge is 0.491 e. The Morgan fingerprint density at radius 1 is 0.741 bits per heavy atom. The molecule has 0 aromatic heterocycles. The molecule has 1 aromatic rings.